The number of aliphatic hydroxyl groups is 1. The topological polar surface area (TPSA) is 107 Å². The van der Waals surface area contributed by atoms with Crippen LogP contribution in [0.2, 0.25) is 0 Å². The second-order valence-corrected chi connectivity index (χ2v) is 12.0. The molecule has 0 aliphatic carbocycles. The van der Waals surface area contributed by atoms with Gasteiger partial charge < -0.3 is 33.5 Å². The highest BCUT2D eigenvalue weighted by molar-refractivity contribution is 8.54. The highest BCUT2D eigenvalue weighted by Crippen LogP contribution is 2.55. The standard InChI is InChI=1S/C18H35O8PS/c1-11(2)22-10-18(19)17(8-14(6)25-18)26-27(20,21)28-9-16-15(23-12(3)4)7-13(5)24-16/h11-17,19H,7-10H2,1-6H3,(H,20,21)/p-1/t13-,14-,15?,16+,17+,18+/m0/s1. The zero-order chi connectivity index (χ0) is 21.1. The third-order valence-electron chi connectivity index (χ3n) is 4.56. The Hall–Kier alpha value is 0.300. The van der Waals surface area contributed by atoms with Gasteiger partial charge in [-0.15, -0.1) is 0 Å². The monoisotopic (exact) mass is 441 g/mol. The molecule has 2 aliphatic heterocycles. The summed E-state index contributed by atoms with van der Waals surface area (Å²) >= 11 is 0.687. The zero-order valence-electron chi connectivity index (χ0n) is 17.5. The van der Waals surface area contributed by atoms with Gasteiger partial charge >= 0.3 is 0 Å². The molecule has 2 unspecified atom stereocenters. The lowest BCUT2D eigenvalue weighted by Gasteiger charge is -2.34. The Balaban J connectivity index is 1.93. The maximum Gasteiger partial charge on any atom is 0.217 e. The molecule has 0 radical (unpaired) electrons. The molecule has 8 nitrogen and oxygen atoms in total. The molecule has 1 N–H and O–H groups in total. The Bertz CT molecular complexity index is 548. The second-order valence-electron chi connectivity index (χ2n) is 8.15. The van der Waals surface area contributed by atoms with E-state index in [9.17, 15) is 14.6 Å². The van der Waals surface area contributed by atoms with Crippen molar-refractivity contribution in [1.29, 1.82) is 0 Å². The van der Waals surface area contributed by atoms with E-state index in [2.05, 4.69) is 0 Å². The first-order valence-corrected chi connectivity index (χ1v) is 13.0. The predicted molar refractivity (Wildman–Crippen MR) is 105 cm³/mol. The quantitative estimate of drug-likeness (QED) is 0.512. The van der Waals surface area contributed by atoms with Crippen molar-refractivity contribution in [2.45, 2.75) is 103 Å². The van der Waals surface area contributed by atoms with E-state index in [0.29, 0.717) is 11.4 Å². The number of hydrogen-bond donors (Lipinski definition) is 1. The van der Waals surface area contributed by atoms with Crippen LogP contribution in [0.4, 0.5) is 0 Å². The van der Waals surface area contributed by atoms with Crippen molar-refractivity contribution in [2.24, 2.45) is 0 Å². The van der Waals surface area contributed by atoms with Gasteiger partial charge in [-0.3, -0.25) is 4.57 Å². The molecule has 2 fully saturated rings. The van der Waals surface area contributed by atoms with Crippen molar-refractivity contribution in [3.05, 3.63) is 0 Å². The van der Waals surface area contributed by atoms with Gasteiger partial charge in [0, 0.05) is 18.6 Å². The van der Waals surface area contributed by atoms with Gasteiger partial charge in [0.05, 0.1) is 36.6 Å². The summed E-state index contributed by atoms with van der Waals surface area (Å²) in [6.07, 6.45) is -0.893. The molecule has 2 heterocycles. The lowest BCUT2D eigenvalue weighted by molar-refractivity contribution is -0.261. The molecule has 0 amide bonds. The fourth-order valence-corrected chi connectivity index (χ4v) is 6.14. The largest absolute Gasteiger partial charge is 0.770 e. The smallest absolute Gasteiger partial charge is 0.217 e. The summed E-state index contributed by atoms with van der Waals surface area (Å²) in [5.74, 6) is -1.58. The van der Waals surface area contributed by atoms with Crippen LogP contribution >= 0.6 is 18.2 Å². The van der Waals surface area contributed by atoms with E-state index in [1.165, 1.54) is 0 Å². The van der Waals surface area contributed by atoms with Gasteiger partial charge in [-0.25, -0.2) is 0 Å². The summed E-state index contributed by atoms with van der Waals surface area (Å²) in [6.45, 7) is 6.78. The van der Waals surface area contributed by atoms with E-state index in [-0.39, 0.29) is 55.4 Å². The molecule has 2 aliphatic rings. The molecule has 7 atom stereocenters. The van der Waals surface area contributed by atoms with Crippen LogP contribution in [-0.2, 0) is 28.0 Å². The van der Waals surface area contributed by atoms with E-state index < -0.39 is 18.7 Å². The normalized spacial score (nSPS) is 38.4. The lowest BCUT2D eigenvalue weighted by Crippen LogP contribution is -2.45. The SMILES string of the molecule is CC(C)OC[C@@]1(O)O[C@@H](C)C[C@H]1OP(=O)([O-])SC[C@H]1O[C@@H](C)CC1OC(C)C. The third-order valence-corrected chi connectivity index (χ3v) is 7.52. The Labute approximate surface area is 171 Å². The minimum absolute atomic E-state index is 0.0173. The highest BCUT2D eigenvalue weighted by atomic mass is 32.7. The van der Waals surface area contributed by atoms with E-state index in [1.54, 1.807) is 6.92 Å². The Kier molecular flexibility index (Phi) is 8.84. The summed E-state index contributed by atoms with van der Waals surface area (Å²) in [4.78, 5) is 12.6. The predicted octanol–water partition coefficient (Wildman–Crippen LogP) is 2.47. The second kappa shape index (κ2) is 10.1. The van der Waals surface area contributed by atoms with Crippen LogP contribution in [0.3, 0.4) is 0 Å². The molecule has 0 aromatic rings. The minimum Gasteiger partial charge on any atom is -0.770 e. The molecule has 28 heavy (non-hydrogen) atoms. The molecule has 0 saturated carbocycles. The van der Waals surface area contributed by atoms with Crippen molar-refractivity contribution in [2.75, 3.05) is 12.4 Å². The lowest BCUT2D eigenvalue weighted by atomic mass is 10.1. The average molecular weight is 442 g/mol. The summed E-state index contributed by atoms with van der Waals surface area (Å²) < 4.78 is 40.5. The fraction of sp³-hybridized carbons (Fsp3) is 1.00. The number of hydrogen-bond acceptors (Lipinski definition) is 9. The van der Waals surface area contributed by atoms with Gasteiger partial charge in [0.1, 0.15) is 12.7 Å². The molecule has 2 rings (SSSR count). The van der Waals surface area contributed by atoms with Crippen LogP contribution in [0, 0.1) is 0 Å². The summed E-state index contributed by atoms with van der Waals surface area (Å²) in [5, 5.41) is 10.7. The molecule has 166 valence electrons. The van der Waals surface area contributed by atoms with E-state index in [4.69, 9.17) is 23.5 Å². The average Bonchev–Trinajstić information content (AvgIpc) is 3.02. The van der Waals surface area contributed by atoms with Crippen LogP contribution in [-0.4, -0.2) is 66.0 Å². The van der Waals surface area contributed by atoms with Crippen molar-refractivity contribution in [3.8, 4) is 0 Å². The molecular formula is C18H34O8PS-. The van der Waals surface area contributed by atoms with Gasteiger partial charge in [-0.05, 0) is 41.5 Å². The summed E-state index contributed by atoms with van der Waals surface area (Å²) in [5.41, 5.74) is 0. The first-order chi connectivity index (χ1) is 12.9. The van der Waals surface area contributed by atoms with E-state index >= 15 is 0 Å². The van der Waals surface area contributed by atoms with Gasteiger partial charge in [0.25, 0.3) is 0 Å². The number of rotatable bonds is 10. The highest BCUT2D eigenvalue weighted by Gasteiger charge is 2.49. The summed E-state index contributed by atoms with van der Waals surface area (Å²) in [6, 6.07) is 0. The van der Waals surface area contributed by atoms with Crippen molar-refractivity contribution in [3.63, 3.8) is 0 Å². The zero-order valence-corrected chi connectivity index (χ0v) is 19.2. The van der Waals surface area contributed by atoms with Crippen LogP contribution in [0.15, 0.2) is 0 Å². The van der Waals surface area contributed by atoms with Crippen LogP contribution in [0.5, 0.6) is 0 Å². The molecule has 10 heteroatoms. The molecule has 0 aromatic heterocycles. The first kappa shape index (κ1) is 24.6. The molecule has 0 bridgehead atoms. The van der Waals surface area contributed by atoms with Gasteiger partial charge in [0.15, 0.2) is 6.80 Å². The van der Waals surface area contributed by atoms with Gasteiger partial charge in [-0.2, -0.15) is 0 Å². The van der Waals surface area contributed by atoms with Crippen LogP contribution in [0.1, 0.15) is 54.4 Å². The Morgan fingerprint density at radius 3 is 2.50 bits per heavy atom. The van der Waals surface area contributed by atoms with Crippen LogP contribution < -0.4 is 4.89 Å². The Morgan fingerprint density at radius 1 is 1.21 bits per heavy atom. The van der Waals surface area contributed by atoms with Crippen LogP contribution in [0.25, 0.3) is 0 Å². The first-order valence-electron chi connectivity index (χ1n) is 9.87. The van der Waals surface area contributed by atoms with Crippen molar-refractivity contribution in [1.82, 2.24) is 0 Å². The Morgan fingerprint density at radius 2 is 1.89 bits per heavy atom. The maximum absolute atomic E-state index is 12.6. The molecule has 0 aromatic carbocycles. The van der Waals surface area contributed by atoms with E-state index in [1.807, 2.05) is 34.6 Å². The van der Waals surface area contributed by atoms with Gasteiger partial charge in [-0.1, -0.05) is 11.4 Å². The fourth-order valence-electron chi connectivity index (χ4n) is 3.41. The molecule has 0 spiro atoms. The van der Waals surface area contributed by atoms with Crippen molar-refractivity contribution >= 4 is 18.2 Å². The molecular weight excluding hydrogens is 407 g/mol. The number of ether oxygens (including phenoxy) is 4. The minimum atomic E-state index is -4.29. The van der Waals surface area contributed by atoms with E-state index in [0.717, 1.165) is 6.42 Å². The van der Waals surface area contributed by atoms with Crippen molar-refractivity contribution < 1.29 is 38.0 Å². The maximum atomic E-state index is 12.6. The third kappa shape index (κ3) is 7.22. The van der Waals surface area contributed by atoms with Gasteiger partial charge in [0.2, 0.25) is 5.79 Å². The molecule has 2 saturated heterocycles. The summed E-state index contributed by atoms with van der Waals surface area (Å²) in [7, 11) is 0.